The van der Waals surface area contributed by atoms with E-state index in [0.29, 0.717) is 5.39 Å². The summed E-state index contributed by atoms with van der Waals surface area (Å²) in [7, 11) is -9.47. The van der Waals surface area contributed by atoms with E-state index in [0.717, 1.165) is 12.1 Å². The second-order valence-corrected chi connectivity index (χ2v) is 8.48. The number of rotatable bonds is 4. The lowest BCUT2D eigenvalue weighted by molar-refractivity contribution is 0.473. The van der Waals surface area contributed by atoms with Gasteiger partial charge in [-0.25, -0.2) is 0 Å². The van der Waals surface area contributed by atoms with Crippen LogP contribution >= 0.6 is 0 Å². The van der Waals surface area contributed by atoms with Crippen molar-refractivity contribution in [2.24, 2.45) is 0 Å². The summed E-state index contributed by atoms with van der Waals surface area (Å²) in [6.45, 7) is 0. The number of anilines is 2. The number of phenolic OH excluding ortho intramolecular Hbond substituents is 1. The van der Waals surface area contributed by atoms with E-state index in [9.17, 15) is 26.5 Å². The van der Waals surface area contributed by atoms with E-state index in [2.05, 4.69) is 0 Å². The Hall–Kier alpha value is -3.02. The maximum absolute atomic E-state index is 12.7. The molecular formula is C16H14N2O7S2. The van der Waals surface area contributed by atoms with Crippen LogP contribution in [-0.2, 0) is 20.2 Å². The lowest BCUT2D eigenvalue weighted by Crippen LogP contribution is -2.15. The normalized spacial score (nSPS) is 12.2. The van der Waals surface area contributed by atoms with Crippen molar-refractivity contribution >= 4 is 42.4 Å². The molecule has 0 atom stereocenters. The fraction of sp³-hybridized carbons (Fsp3) is 0. The van der Waals surface area contributed by atoms with Crippen LogP contribution in [0.25, 0.3) is 10.8 Å². The van der Waals surface area contributed by atoms with E-state index < -0.39 is 35.7 Å². The largest absolute Gasteiger partial charge is 0.507 e. The van der Waals surface area contributed by atoms with Gasteiger partial charge >= 0.3 is 10.1 Å². The second kappa shape index (κ2) is 6.30. The Balaban J connectivity index is 2.19. The lowest BCUT2D eigenvalue weighted by atomic mass is 10.1. The SMILES string of the molecule is Nc1cc(S(=O)(=O)O)c(N)c(S(=O)(=O)Oc2cccc3cccc(O)c23)c1. The molecule has 3 aromatic rings. The predicted molar refractivity (Wildman–Crippen MR) is 98.5 cm³/mol. The van der Waals surface area contributed by atoms with Crippen molar-refractivity contribution in [3.8, 4) is 11.5 Å². The molecular weight excluding hydrogens is 396 g/mol. The highest BCUT2D eigenvalue weighted by molar-refractivity contribution is 7.87. The first kappa shape index (κ1) is 18.8. The quantitative estimate of drug-likeness (QED) is 0.284. The minimum atomic E-state index is -4.82. The van der Waals surface area contributed by atoms with Crippen molar-refractivity contribution < 1.29 is 30.7 Å². The highest BCUT2D eigenvalue weighted by Gasteiger charge is 2.27. The molecule has 0 aliphatic carbocycles. The van der Waals surface area contributed by atoms with Crippen LogP contribution in [0.4, 0.5) is 11.4 Å². The molecule has 0 fully saturated rings. The third kappa shape index (κ3) is 3.47. The molecule has 27 heavy (non-hydrogen) atoms. The summed E-state index contributed by atoms with van der Waals surface area (Å²) in [5.74, 6) is -0.404. The van der Waals surface area contributed by atoms with Crippen molar-refractivity contribution in [2.45, 2.75) is 9.79 Å². The molecule has 0 heterocycles. The van der Waals surface area contributed by atoms with Crippen LogP contribution in [-0.4, -0.2) is 26.5 Å². The Morgan fingerprint density at radius 1 is 0.889 bits per heavy atom. The maximum Gasteiger partial charge on any atom is 0.341 e. The number of benzene rings is 3. The van der Waals surface area contributed by atoms with Gasteiger partial charge in [-0.15, -0.1) is 0 Å². The number of fused-ring (bicyclic) bond motifs is 1. The number of phenols is 1. The topological polar surface area (TPSA) is 170 Å². The smallest absolute Gasteiger partial charge is 0.341 e. The predicted octanol–water partition coefficient (Wildman–Crippen LogP) is 1.72. The molecule has 0 aliphatic heterocycles. The van der Waals surface area contributed by atoms with Crippen LogP contribution < -0.4 is 15.7 Å². The molecule has 0 aliphatic rings. The summed E-state index contributed by atoms with van der Waals surface area (Å²) < 4.78 is 62.5. The van der Waals surface area contributed by atoms with E-state index in [4.69, 9.17) is 15.7 Å². The molecule has 11 heteroatoms. The third-order valence-electron chi connectivity index (χ3n) is 3.72. The first-order valence-corrected chi connectivity index (χ1v) is 10.2. The summed E-state index contributed by atoms with van der Waals surface area (Å²) in [5, 5.41) is 10.7. The van der Waals surface area contributed by atoms with E-state index in [-0.39, 0.29) is 22.6 Å². The van der Waals surface area contributed by atoms with Crippen molar-refractivity contribution in [2.75, 3.05) is 11.5 Å². The van der Waals surface area contributed by atoms with Gasteiger partial charge in [-0.2, -0.15) is 16.8 Å². The van der Waals surface area contributed by atoms with Crippen molar-refractivity contribution in [3.63, 3.8) is 0 Å². The van der Waals surface area contributed by atoms with Gasteiger partial charge in [-0.1, -0.05) is 24.3 Å². The highest BCUT2D eigenvalue weighted by atomic mass is 32.2. The number of aromatic hydroxyl groups is 1. The van der Waals surface area contributed by atoms with Gasteiger partial charge in [0.15, 0.2) is 5.75 Å². The van der Waals surface area contributed by atoms with Crippen LogP contribution in [0.1, 0.15) is 0 Å². The fourth-order valence-electron chi connectivity index (χ4n) is 2.56. The van der Waals surface area contributed by atoms with E-state index in [1.54, 1.807) is 18.2 Å². The van der Waals surface area contributed by atoms with Crippen molar-refractivity contribution in [3.05, 3.63) is 48.5 Å². The summed E-state index contributed by atoms with van der Waals surface area (Å²) in [6, 6.07) is 10.8. The Kier molecular flexibility index (Phi) is 4.38. The zero-order chi connectivity index (χ0) is 20.0. The average Bonchev–Trinajstić information content (AvgIpc) is 2.55. The lowest BCUT2D eigenvalue weighted by Gasteiger charge is -2.14. The standard InChI is InChI=1S/C16H14N2O7S2/c17-10-7-13(26(20,21)22)16(18)14(8-10)27(23,24)25-12-6-2-4-9-3-1-5-11(19)15(9)12/h1-8,19H,17-18H2,(H,20,21,22). The van der Waals surface area contributed by atoms with E-state index in [1.165, 1.54) is 18.2 Å². The molecule has 6 N–H and O–H groups in total. The monoisotopic (exact) mass is 410 g/mol. The molecule has 0 radical (unpaired) electrons. The third-order valence-corrected chi connectivity index (χ3v) is 5.89. The van der Waals surface area contributed by atoms with Crippen molar-refractivity contribution in [1.82, 2.24) is 0 Å². The van der Waals surface area contributed by atoms with Gasteiger partial charge in [0.05, 0.1) is 11.1 Å². The molecule has 0 bridgehead atoms. The van der Waals surface area contributed by atoms with Crippen LogP contribution in [0, 0.1) is 0 Å². The Morgan fingerprint density at radius 2 is 1.48 bits per heavy atom. The molecule has 0 spiro atoms. The molecule has 3 aromatic carbocycles. The summed E-state index contributed by atoms with van der Waals surface area (Å²) in [4.78, 5) is -1.59. The first-order valence-electron chi connectivity index (χ1n) is 7.32. The molecule has 0 unspecified atom stereocenters. The Bertz CT molecular complexity index is 1260. The molecule has 0 aromatic heterocycles. The summed E-state index contributed by atoms with van der Waals surface area (Å²) >= 11 is 0. The Labute approximate surface area is 154 Å². The molecule has 9 nitrogen and oxygen atoms in total. The molecule has 0 saturated heterocycles. The second-order valence-electron chi connectivity index (χ2n) is 5.57. The zero-order valence-corrected chi connectivity index (χ0v) is 15.2. The van der Waals surface area contributed by atoms with E-state index >= 15 is 0 Å². The van der Waals surface area contributed by atoms with Gasteiger partial charge in [0, 0.05) is 5.69 Å². The van der Waals surface area contributed by atoms with Crippen molar-refractivity contribution in [1.29, 1.82) is 0 Å². The summed E-state index contributed by atoms with van der Waals surface area (Å²) in [6.07, 6.45) is 0. The van der Waals surface area contributed by atoms with E-state index in [1.807, 2.05) is 0 Å². The average molecular weight is 410 g/mol. The number of hydrogen-bond acceptors (Lipinski definition) is 8. The molecule has 0 amide bonds. The summed E-state index contributed by atoms with van der Waals surface area (Å²) in [5.41, 5.74) is 10.2. The Morgan fingerprint density at radius 3 is 2.11 bits per heavy atom. The van der Waals surface area contributed by atoms with Gasteiger partial charge in [0.1, 0.15) is 15.5 Å². The number of nitrogens with two attached hydrogens (primary N) is 2. The van der Waals surface area contributed by atoms with Crippen LogP contribution in [0.15, 0.2) is 58.3 Å². The fourth-order valence-corrected chi connectivity index (χ4v) is 4.42. The van der Waals surface area contributed by atoms with Gasteiger partial charge in [0.2, 0.25) is 0 Å². The van der Waals surface area contributed by atoms with Gasteiger partial charge in [-0.3, -0.25) is 4.55 Å². The zero-order valence-electron chi connectivity index (χ0n) is 13.5. The molecule has 142 valence electrons. The van der Waals surface area contributed by atoms with Gasteiger partial charge < -0.3 is 20.8 Å². The number of hydrogen-bond donors (Lipinski definition) is 4. The van der Waals surface area contributed by atoms with Crippen LogP contribution in [0.5, 0.6) is 11.5 Å². The molecule has 0 saturated carbocycles. The maximum atomic E-state index is 12.7. The minimum absolute atomic E-state index is 0.140. The highest BCUT2D eigenvalue weighted by Crippen LogP contribution is 2.36. The minimum Gasteiger partial charge on any atom is -0.507 e. The first-order chi connectivity index (χ1) is 12.5. The van der Waals surface area contributed by atoms with Gasteiger partial charge in [0.25, 0.3) is 10.1 Å². The van der Waals surface area contributed by atoms with Gasteiger partial charge in [-0.05, 0) is 29.7 Å². The number of nitrogen functional groups attached to an aromatic ring is 2. The van der Waals surface area contributed by atoms with Crippen LogP contribution in [0.3, 0.4) is 0 Å². The van der Waals surface area contributed by atoms with Crippen LogP contribution in [0.2, 0.25) is 0 Å². The molecule has 3 rings (SSSR count).